The van der Waals surface area contributed by atoms with Crippen molar-refractivity contribution in [2.45, 2.75) is 39.5 Å². The highest BCUT2D eigenvalue weighted by Gasteiger charge is 2.18. The molecule has 5 nitrogen and oxygen atoms in total. The highest BCUT2D eigenvalue weighted by molar-refractivity contribution is 5.93. The van der Waals surface area contributed by atoms with E-state index in [1.54, 1.807) is 7.11 Å². The van der Waals surface area contributed by atoms with Crippen LogP contribution in [0.3, 0.4) is 0 Å². The topological polar surface area (TPSA) is 62.9 Å². The molecule has 1 heterocycles. The summed E-state index contributed by atoms with van der Waals surface area (Å²) in [6.07, 6.45) is 4.35. The van der Waals surface area contributed by atoms with Crippen LogP contribution in [-0.2, 0) is 17.6 Å². The number of ether oxygens (including phenoxy) is 1. The van der Waals surface area contributed by atoms with Gasteiger partial charge in [0.25, 0.3) is 0 Å². The summed E-state index contributed by atoms with van der Waals surface area (Å²) in [6.45, 7) is 9.27. The summed E-state index contributed by atoms with van der Waals surface area (Å²) < 4.78 is 5.16. The zero-order chi connectivity index (χ0) is 18.1. The number of nitrogens with one attached hydrogen (secondary N) is 1. The zero-order valence-corrected chi connectivity index (χ0v) is 16.1. The number of guanidine groups is 1. The Labute approximate surface area is 152 Å². The van der Waals surface area contributed by atoms with E-state index in [1.807, 2.05) is 0 Å². The number of nitrogens with zero attached hydrogens (tertiary/aromatic N) is 2. The first-order valence-corrected chi connectivity index (χ1v) is 9.56. The predicted octanol–water partition coefficient (Wildman–Crippen LogP) is 2.90. The second-order valence-electron chi connectivity index (χ2n) is 6.79. The summed E-state index contributed by atoms with van der Waals surface area (Å²) in [4.78, 5) is 7.09. The molecule has 1 saturated heterocycles. The van der Waals surface area contributed by atoms with E-state index in [-0.39, 0.29) is 0 Å². The van der Waals surface area contributed by atoms with Crippen LogP contribution in [0.2, 0.25) is 0 Å². The number of methoxy groups -OCH3 is 1. The minimum absolute atomic E-state index is 0.539. The average Bonchev–Trinajstić information content (AvgIpc) is 2.65. The maximum Gasteiger partial charge on any atom is 0.193 e. The molecule has 1 aliphatic heterocycles. The molecule has 25 heavy (non-hydrogen) atoms. The molecule has 0 bridgehead atoms. The number of piperidine rings is 1. The van der Waals surface area contributed by atoms with Crippen LogP contribution in [0.25, 0.3) is 0 Å². The van der Waals surface area contributed by atoms with Gasteiger partial charge >= 0.3 is 0 Å². The Morgan fingerprint density at radius 3 is 2.44 bits per heavy atom. The van der Waals surface area contributed by atoms with Gasteiger partial charge in [-0.25, -0.2) is 0 Å². The van der Waals surface area contributed by atoms with Gasteiger partial charge in [0.1, 0.15) is 0 Å². The Morgan fingerprint density at radius 1 is 1.24 bits per heavy atom. The van der Waals surface area contributed by atoms with Crippen LogP contribution in [0.5, 0.6) is 0 Å². The lowest BCUT2D eigenvalue weighted by atomic mass is 9.97. The van der Waals surface area contributed by atoms with E-state index in [0.717, 1.165) is 51.3 Å². The number of aliphatic imine (C=N–C) groups is 1. The number of hydrogen-bond donors (Lipinski definition) is 2. The van der Waals surface area contributed by atoms with E-state index in [0.29, 0.717) is 11.9 Å². The lowest BCUT2D eigenvalue weighted by molar-refractivity contribution is 0.121. The average molecular weight is 347 g/mol. The van der Waals surface area contributed by atoms with Crippen LogP contribution in [0.4, 0.5) is 5.69 Å². The Morgan fingerprint density at radius 2 is 1.88 bits per heavy atom. The minimum atomic E-state index is 0.539. The fourth-order valence-electron chi connectivity index (χ4n) is 3.41. The van der Waals surface area contributed by atoms with Crippen LogP contribution >= 0.6 is 0 Å². The third kappa shape index (κ3) is 6.01. The zero-order valence-electron chi connectivity index (χ0n) is 16.1. The van der Waals surface area contributed by atoms with Gasteiger partial charge in [-0.1, -0.05) is 32.0 Å². The molecule has 0 unspecified atom stereocenters. The quantitative estimate of drug-likeness (QED) is 0.561. The third-order valence-electron chi connectivity index (χ3n) is 5.09. The van der Waals surface area contributed by atoms with Crippen LogP contribution in [0.15, 0.2) is 23.2 Å². The fraction of sp³-hybridized carbons (Fsp3) is 0.650. The van der Waals surface area contributed by atoms with Gasteiger partial charge in [0, 0.05) is 25.9 Å². The second-order valence-corrected chi connectivity index (χ2v) is 6.79. The molecule has 0 amide bonds. The molecule has 0 radical (unpaired) electrons. The lowest BCUT2D eigenvalue weighted by Crippen LogP contribution is -2.37. The van der Waals surface area contributed by atoms with Crippen LogP contribution in [-0.4, -0.2) is 50.8 Å². The van der Waals surface area contributed by atoms with Crippen molar-refractivity contribution in [1.29, 1.82) is 0 Å². The van der Waals surface area contributed by atoms with Crippen LogP contribution in [0, 0.1) is 5.92 Å². The standard InChI is InChI=1S/C20H34N4O/c1-4-17-7-6-8-18(5-2)19(17)23-20(21)22-15-16-9-11-24(12-10-16)13-14-25-3/h6-8,16H,4-5,9-15H2,1-3H3,(H3,21,22,23). The Hall–Kier alpha value is -1.59. The second kappa shape index (κ2) is 10.4. The van der Waals surface area contributed by atoms with E-state index in [2.05, 4.69) is 47.3 Å². The predicted molar refractivity (Wildman–Crippen MR) is 106 cm³/mol. The summed E-state index contributed by atoms with van der Waals surface area (Å²) in [5.74, 6) is 1.17. The Balaban J connectivity index is 1.87. The smallest absolute Gasteiger partial charge is 0.193 e. The Bertz CT molecular complexity index is 528. The first-order chi connectivity index (χ1) is 12.2. The number of rotatable bonds is 8. The van der Waals surface area contributed by atoms with Gasteiger partial charge in [0.15, 0.2) is 5.96 Å². The monoisotopic (exact) mass is 346 g/mol. The first-order valence-electron chi connectivity index (χ1n) is 9.56. The normalized spacial score (nSPS) is 17.0. The van der Waals surface area contributed by atoms with Gasteiger partial charge in [-0.05, 0) is 55.8 Å². The molecule has 5 heteroatoms. The molecule has 1 aromatic rings. The van der Waals surface area contributed by atoms with Gasteiger partial charge in [0.05, 0.1) is 6.61 Å². The molecule has 0 aromatic heterocycles. The van der Waals surface area contributed by atoms with Gasteiger partial charge in [-0.2, -0.15) is 0 Å². The molecule has 0 aliphatic carbocycles. The van der Waals surface area contributed by atoms with Gasteiger partial charge in [-0.3, -0.25) is 4.99 Å². The van der Waals surface area contributed by atoms with Crippen molar-refractivity contribution < 1.29 is 4.74 Å². The van der Waals surface area contributed by atoms with Gasteiger partial charge in [-0.15, -0.1) is 0 Å². The fourth-order valence-corrected chi connectivity index (χ4v) is 3.41. The van der Waals surface area contributed by atoms with Crippen molar-refractivity contribution in [3.63, 3.8) is 0 Å². The van der Waals surface area contributed by atoms with E-state index >= 15 is 0 Å². The maximum absolute atomic E-state index is 6.18. The largest absolute Gasteiger partial charge is 0.383 e. The van der Waals surface area contributed by atoms with E-state index in [1.165, 1.54) is 24.0 Å². The molecule has 140 valence electrons. The van der Waals surface area contributed by atoms with Gasteiger partial charge in [0.2, 0.25) is 0 Å². The summed E-state index contributed by atoms with van der Waals surface area (Å²) in [5, 5.41) is 3.36. The van der Waals surface area contributed by atoms with Crippen molar-refractivity contribution in [3.05, 3.63) is 29.3 Å². The number of aryl methyl sites for hydroxylation is 2. The molecule has 1 aromatic carbocycles. The number of hydrogen-bond acceptors (Lipinski definition) is 3. The van der Waals surface area contributed by atoms with E-state index < -0.39 is 0 Å². The molecular weight excluding hydrogens is 312 g/mol. The summed E-state index contributed by atoms with van der Waals surface area (Å²) in [5.41, 5.74) is 9.91. The van der Waals surface area contributed by atoms with Crippen molar-refractivity contribution in [2.75, 3.05) is 45.2 Å². The SMILES string of the molecule is CCc1cccc(CC)c1NC(N)=NCC1CCN(CCOC)CC1. The highest BCUT2D eigenvalue weighted by atomic mass is 16.5. The molecule has 3 N–H and O–H groups in total. The minimum Gasteiger partial charge on any atom is -0.383 e. The van der Waals surface area contributed by atoms with Crippen LogP contribution in [0.1, 0.15) is 37.8 Å². The number of anilines is 1. The summed E-state index contributed by atoms with van der Waals surface area (Å²) in [6, 6.07) is 6.43. The summed E-state index contributed by atoms with van der Waals surface area (Å²) >= 11 is 0. The van der Waals surface area contributed by atoms with Crippen molar-refractivity contribution in [3.8, 4) is 0 Å². The molecular formula is C20H34N4O. The number of nitrogens with two attached hydrogens (primary N) is 1. The lowest BCUT2D eigenvalue weighted by Gasteiger charge is -2.31. The molecule has 1 aliphatic rings. The van der Waals surface area contributed by atoms with E-state index in [4.69, 9.17) is 10.5 Å². The van der Waals surface area contributed by atoms with Crippen LogP contribution < -0.4 is 11.1 Å². The van der Waals surface area contributed by atoms with Gasteiger partial charge < -0.3 is 20.7 Å². The third-order valence-corrected chi connectivity index (χ3v) is 5.09. The number of benzene rings is 1. The summed E-state index contributed by atoms with van der Waals surface area (Å²) in [7, 11) is 1.76. The molecule has 0 spiro atoms. The molecule has 2 rings (SSSR count). The molecule has 0 saturated carbocycles. The van der Waals surface area contributed by atoms with E-state index in [9.17, 15) is 0 Å². The van der Waals surface area contributed by atoms with Crippen molar-refractivity contribution in [2.24, 2.45) is 16.6 Å². The van der Waals surface area contributed by atoms with Crippen molar-refractivity contribution in [1.82, 2.24) is 4.90 Å². The molecule has 1 fully saturated rings. The maximum atomic E-state index is 6.18. The Kier molecular flexibility index (Phi) is 8.22. The highest BCUT2D eigenvalue weighted by Crippen LogP contribution is 2.22. The number of likely N-dealkylation sites (tertiary alicyclic amines) is 1. The number of para-hydroxylation sites is 1. The first kappa shape index (κ1) is 19.7. The molecule has 0 atom stereocenters. The van der Waals surface area contributed by atoms with Crippen molar-refractivity contribution >= 4 is 11.6 Å².